The van der Waals surface area contributed by atoms with Crippen molar-refractivity contribution in [3.05, 3.63) is 29.7 Å². The highest BCUT2D eigenvalue weighted by atomic mass is 19.1. The maximum atomic E-state index is 13.9. The van der Waals surface area contributed by atoms with Crippen LogP contribution in [0.5, 0.6) is 0 Å². The van der Waals surface area contributed by atoms with E-state index in [1.54, 1.807) is 12.3 Å². The monoisotopic (exact) mass is 454 g/mol. The third-order valence-electron chi connectivity index (χ3n) is 8.37. The van der Waals surface area contributed by atoms with Gasteiger partial charge in [-0.05, 0) is 68.9 Å². The quantitative estimate of drug-likeness (QED) is 0.722. The lowest BCUT2D eigenvalue weighted by Gasteiger charge is -2.58. The van der Waals surface area contributed by atoms with Gasteiger partial charge in [0.05, 0.1) is 17.8 Å². The Hall–Kier alpha value is -2.55. The summed E-state index contributed by atoms with van der Waals surface area (Å²) in [6.07, 6.45) is 8.18. The van der Waals surface area contributed by atoms with E-state index in [9.17, 15) is 14.3 Å². The van der Waals surface area contributed by atoms with E-state index in [1.165, 1.54) is 0 Å². The van der Waals surface area contributed by atoms with Crippen molar-refractivity contribution in [2.45, 2.75) is 56.7 Å². The van der Waals surface area contributed by atoms with Crippen LogP contribution in [0.4, 0.5) is 10.3 Å². The highest BCUT2D eigenvalue weighted by molar-refractivity contribution is 5.94. The van der Waals surface area contributed by atoms with E-state index in [2.05, 4.69) is 32.1 Å². The Balaban J connectivity index is 1.13. The van der Waals surface area contributed by atoms with Crippen molar-refractivity contribution in [3.63, 3.8) is 0 Å². The zero-order valence-electron chi connectivity index (χ0n) is 19.0. The highest BCUT2D eigenvalue weighted by Gasteiger charge is 2.55. The fourth-order valence-corrected chi connectivity index (χ4v) is 7.17. The largest absolute Gasteiger partial charge is 0.390 e. The molecular weight excluding hydrogens is 423 g/mol. The van der Waals surface area contributed by atoms with Gasteiger partial charge in [-0.3, -0.25) is 9.79 Å². The van der Waals surface area contributed by atoms with Gasteiger partial charge in [-0.1, -0.05) is 0 Å². The van der Waals surface area contributed by atoms with Crippen LogP contribution in [0, 0.1) is 17.8 Å². The van der Waals surface area contributed by atoms with Gasteiger partial charge >= 0.3 is 0 Å². The number of aromatic nitrogens is 2. The van der Waals surface area contributed by atoms with Gasteiger partial charge in [0, 0.05) is 37.9 Å². The number of amides is 1. The molecule has 5 fully saturated rings. The molecule has 2 N–H and O–H groups in total. The minimum Gasteiger partial charge on any atom is -0.390 e. The summed E-state index contributed by atoms with van der Waals surface area (Å²) in [5.74, 6) is 1.29. The molecule has 1 aromatic rings. The minimum atomic E-state index is -0.512. The van der Waals surface area contributed by atoms with Gasteiger partial charge in [-0.15, -0.1) is 0 Å². The molecule has 2 unspecified atom stereocenters. The van der Waals surface area contributed by atoms with Crippen LogP contribution in [0.3, 0.4) is 0 Å². The van der Waals surface area contributed by atoms with Crippen LogP contribution < -0.4 is 10.2 Å². The van der Waals surface area contributed by atoms with Gasteiger partial charge in [-0.25, -0.2) is 9.97 Å². The zero-order valence-corrected chi connectivity index (χ0v) is 19.0. The van der Waals surface area contributed by atoms with Crippen molar-refractivity contribution in [1.82, 2.24) is 20.2 Å². The molecule has 1 amide bonds. The molecule has 176 valence electrons. The summed E-state index contributed by atoms with van der Waals surface area (Å²) in [6, 6.07) is 1.85. The molecule has 6 aliphatic rings. The van der Waals surface area contributed by atoms with Crippen LogP contribution in [0.15, 0.2) is 29.0 Å². The average molecular weight is 455 g/mol. The predicted octanol–water partition coefficient (Wildman–Crippen LogP) is 1.92. The van der Waals surface area contributed by atoms with Gasteiger partial charge < -0.3 is 20.2 Å². The third kappa shape index (κ3) is 3.70. The van der Waals surface area contributed by atoms with Gasteiger partial charge in [0.15, 0.2) is 0 Å². The van der Waals surface area contributed by atoms with Crippen molar-refractivity contribution in [1.29, 1.82) is 0 Å². The van der Waals surface area contributed by atoms with Gasteiger partial charge in [0.2, 0.25) is 11.9 Å². The molecule has 0 aromatic carbocycles. The third-order valence-corrected chi connectivity index (χ3v) is 8.37. The molecular formula is C24H31FN6O2. The summed E-state index contributed by atoms with van der Waals surface area (Å²) < 4.78 is 13.9. The number of hydrogen-bond acceptors (Lipinski definition) is 7. The first-order valence-electron chi connectivity index (χ1n) is 12.2. The second kappa shape index (κ2) is 7.75. The molecule has 4 aliphatic carbocycles. The topological polar surface area (TPSA) is 94.0 Å². The van der Waals surface area contributed by atoms with E-state index in [0.29, 0.717) is 61.3 Å². The second-order valence-corrected chi connectivity index (χ2v) is 10.6. The lowest BCUT2D eigenvalue weighted by atomic mass is 9.52. The summed E-state index contributed by atoms with van der Waals surface area (Å²) in [5.41, 5.74) is 0.441. The highest BCUT2D eigenvalue weighted by Crippen LogP contribution is 2.55. The summed E-state index contributed by atoms with van der Waals surface area (Å²) in [6.45, 7) is 4.40. The Bertz CT molecular complexity index is 1010. The van der Waals surface area contributed by atoms with E-state index in [4.69, 9.17) is 0 Å². The summed E-state index contributed by atoms with van der Waals surface area (Å²) in [4.78, 5) is 30.1. The molecule has 9 heteroatoms. The fraction of sp³-hybridized carbons (Fsp3) is 0.667. The molecule has 3 heterocycles. The molecule has 7 rings (SSSR count). The van der Waals surface area contributed by atoms with Crippen LogP contribution in [-0.2, 0) is 0 Å². The molecule has 2 aliphatic heterocycles. The van der Waals surface area contributed by atoms with Gasteiger partial charge in [0.1, 0.15) is 5.69 Å². The second-order valence-electron chi connectivity index (χ2n) is 10.6. The number of aliphatic hydroxyl groups is 1. The number of nitrogens with one attached hydrogen (secondary N) is 1. The number of nitrogens with zero attached hydrogens (tertiary/aromatic N) is 5. The first-order chi connectivity index (χ1) is 15.9. The van der Waals surface area contributed by atoms with Crippen LogP contribution in [0.2, 0.25) is 0 Å². The lowest BCUT2D eigenvalue weighted by molar-refractivity contribution is -0.136. The number of anilines is 1. The molecule has 4 bridgehead atoms. The minimum absolute atomic E-state index is 0.0662. The van der Waals surface area contributed by atoms with Crippen molar-refractivity contribution in [2.24, 2.45) is 22.7 Å². The molecule has 4 saturated carbocycles. The predicted molar refractivity (Wildman–Crippen MR) is 122 cm³/mol. The van der Waals surface area contributed by atoms with Gasteiger partial charge in [-0.2, -0.15) is 4.39 Å². The van der Waals surface area contributed by atoms with E-state index in [-0.39, 0.29) is 24.0 Å². The van der Waals surface area contributed by atoms with Crippen molar-refractivity contribution in [2.75, 3.05) is 31.1 Å². The Kier molecular flexibility index (Phi) is 4.94. The molecule has 3 atom stereocenters. The standard InChI is InChI=1S/C24H31FN6O2/c1-14-13-30(19-3-5-26-21(19)25)6-7-31(14)23-27-4-2-18(28-23)22(32)29-20-16-8-15-9-17(20)12-24(33,10-15)11-16/h2-4,14-17,20,33H,5-13H2,1H3,(H,29,32)/t14-,15?,16?,17?,20?,24?/m1/s1. The molecule has 33 heavy (non-hydrogen) atoms. The number of hydrogen-bond donors (Lipinski definition) is 2. The number of aliphatic imine (C=N–C) groups is 1. The molecule has 0 radical (unpaired) electrons. The molecule has 1 aromatic heterocycles. The number of piperazine rings is 1. The fourth-order valence-electron chi connectivity index (χ4n) is 7.17. The molecule has 8 nitrogen and oxygen atoms in total. The number of allylic oxidation sites excluding steroid dienone is 1. The Labute approximate surface area is 193 Å². The zero-order chi connectivity index (χ0) is 22.7. The summed E-state index contributed by atoms with van der Waals surface area (Å²) in [5, 5.41) is 14.1. The Morgan fingerprint density at radius 3 is 2.70 bits per heavy atom. The van der Waals surface area contributed by atoms with Crippen molar-refractivity contribution in [3.8, 4) is 0 Å². The van der Waals surface area contributed by atoms with E-state index >= 15 is 0 Å². The average Bonchev–Trinajstić information content (AvgIpc) is 3.21. The van der Waals surface area contributed by atoms with Crippen LogP contribution in [0.1, 0.15) is 49.5 Å². The van der Waals surface area contributed by atoms with Crippen LogP contribution in [0.25, 0.3) is 0 Å². The van der Waals surface area contributed by atoms with E-state index in [1.807, 2.05) is 11.0 Å². The number of carbonyl (C=O) groups is 1. The first kappa shape index (κ1) is 21.0. The smallest absolute Gasteiger partial charge is 0.270 e. The van der Waals surface area contributed by atoms with Gasteiger partial charge in [0.25, 0.3) is 5.91 Å². The number of halogens is 1. The maximum absolute atomic E-state index is 13.9. The van der Waals surface area contributed by atoms with Crippen molar-refractivity contribution >= 4 is 17.8 Å². The normalized spacial score (nSPS) is 37.2. The maximum Gasteiger partial charge on any atom is 0.270 e. The summed E-state index contributed by atoms with van der Waals surface area (Å²) in [7, 11) is 0. The summed E-state index contributed by atoms with van der Waals surface area (Å²) >= 11 is 0. The molecule has 0 spiro atoms. The number of rotatable bonds is 4. The van der Waals surface area contributed by atoms with Crippen LogP contribution >= 0.6 is 0 Å². The van der Waals surface area contributed by atoms with Crippen LogP contribution in [-0.4, -0.2) is 75.7 Å². The van der Waals surface area contributed by atoms with E-state index < -0.39 is 5.60 Å². The Morgan fingerprint density at radius 2 is 2.03 bits per heavy atom. The first-order valence-corrected chi connectivity index (χ1v) is 12.2. The van der Waals surface area contributed by atoms with E-state index in [0.717, 1.165) is 32.1 Å². The molecule has 1 saturated heterocycles. The SMILES string of the molecule is C[C@@H]1CN(C2=CCN=C2F)CCN1c1nccc(C(=O)NC2C3CC4CC2CC(O)(C4)C3)n1. The lowest BCUT2D eigenvalue weighted by Crippen LogP contribution is -2.61. The Morgan fingerprint density at radius 1 is 1.24 bits per heavy atom. The number of carbonyl (C=O) groups excluding carboxylic acids is 1. The van der Waals surface area contributed by atoms with Crippen molar-refractivity contribution < 1.29 is 14.3 Å².